The second-order valence-corrected chi connectivity index (χ2v) is 34.4. The molecule has 2 saturated heterocycles. The highest BCUT2D eigenvalue weighted by molar-refractivity contribution is 7.22. The number of nitrogens with zero attached hydrogens (tertiary/aromatic N) is 11. The number of rotatable bonds is 26. The van der Waals surface area contributed by atoms with Gasteiger partial charge in [0, 0.05) is 86.0 Å². The van der Waals surface area contributed by atoms with Gasteiger partial charge in [0.2, 0.25) is 23.6 Å². The molecule has 544 valence electrons. The van der Waals surface area contributed by atoms with Crippen molar-refractivity contribution in [1.82, 2.24) is 60.3 Å². The summed E-state index contributed by atoms with van der Waals surface area (Å²) in [5.74, 6) is -0.468. The van der Waals surface area contributed by atoms with Crippen LogP contribution in [0.3, 0.4) is 0 Å². The van der Waals surface area contributed by atoms with Crippen LogP contribution in [0.4, 0.5) is 22.6 Å². The Morgan fingerprint density at radius 1 is 0.824 bits per heavy atom. The van der Waals surface area contributed by atoms with E-state index < -0.39 is 35.5 Å². The molecule has 14 rings (SSSR count). The first-order valence-corrected chi connectivity index (χ1v) is 38.6. The molecule has 6 fully saturated rings. The Balaban J connectivity index is 0.536. The molecule has 7 aliphatic rings. The zero-order valence-electron chi connectivity index (χ0n) is 61.1. The third kappa shape index (κ3) is 15.5. The SMILES string of the molecule is Cc1ncsc1-c1ccc([C@H](C)NC(=O)[C@@H]2C[C@@H](O)CN2C(=O)[C@@H](NC(=O)C2CCN(C(=O)CCCCCCCN(C)CCOC34CC5(C)CC(C)(CC(Cn6ncc(-c7ccc(N8CCCc9c8nnc(Nc8nc%10ccccc%10s8)c9C)nc7C(=O)O)c6C)(C5)C3)C4)CC2)C(C)(C)C)cc1. The van der Waals surface area contributed by atoms with Gasteiger partial charge in [-0.2, -0.15) is 5.10 Å². The predicted octanol–water partition coefficient (Wildman–Crippen LogP) is 12.9. The first-order valence-electron chi connectivity index (χ1n) is 36.9. The molecule has 7 aromatic rings. The molecule has 22 nitrogen and oxygen atoms in total. The summed E-state index contributed by atoms with van der Waals surface area (Å²) >= 11 is 3.15. The van der Waals surface area contributed by atoms with E-state index in [4.69, 9.17) is 24.9 Å². The smallest absolute Gasteiger partial charge is 0.355 e. The Bertz CT molecular complexity index is 4200. The van der Waals surface area contributed by atoms with Crippen molar-refractivity contribution in [2.45, 2.75) is 208 Å². The van der Waals surface area contributed by atoms with Crippen LogP contribution in [0.2, 0.25) is 0 Å². The van der Waals surface area contributed by atoms with Crippen molar-refractivity contribution < 1.29 is 38.9 Å². The number of hydrogen-bond donors (Lipinski definition) is 5. The number of pyridine rings is 1. The van der Waals surface area contributed by atoms with Gasteiger partial charge in [-0.05, 0) is 175 Å². The van der Waals surface area contributed by atoms with E-state index in [0.29, 0.717) is 68.5 Å². The molecule has 5 aromatic heterocycles. The molecule has 4 amide bonds. The number of likely N-dealkylation sites (N-methyl/N-ethyl adjacent to an activating group) is 1. The minimum absolute atomic E-state index is 0.00479. The lowest BCUT2D eigenvalue weighted by Crippen LogP contribution is -2.64. The van der Waals surface area contributed by atoms with Crippen LogP contribution in [-0.2, 0) is 36.9 Å². The summed E-state index contributed by atoms with van der Waals surface area (Å²) in [4.78, 5) is 91.6. The number of fused-ring (bicyclic) bond motifs is 2. The number of aliphatic hydroxyl groups is 1. The lowest BCUT2D eigenvalue weighted by molar-refractivity contribution is -0.248. The number of amides is 4. The van der Waals surface area contributed by atoms with E-state index >= 15 is 0 Å². The monoisotopic (exact) mass is 1430 g/mol. The minimum atomic E-state index is -1.10. The predicted molar refractivity (Wildman–Crippen MR) is 398 cm³/mol. The number of benzene rings is 2. The van der Waals surface area contributed by atoms with E-state index in [1.807, 2.05) is 118 Å². The van der Waals surface area contributed by atoms with Crippen LogP contribution in [-0.4, -0.2) is 166 Å². The fourth-order valence-corrected chi connectivity index (χ4v) is 20.5. The standard InChI is InChI=1S/C78H102N14O8S2/c1-48-56-19-18-32-90(68(56)87-86-67(48)85-73-82-59-20-15-16-21-61(59)102-73)62-28-27-57(64(83-62)72(98)99)58-38-80-92(51(58)4)46-77-41-75(8)40-76(9,42-77)44-78(43-75,45-77)100-36-35-88(10)31-17-13-11-12-14-22-63(94)89-33-29-54(30-34-89)69(95)84-66(74(5,6)7)71(97)91-39-55(93)37-60(91)70(96)81-49(2)52-23-25-53(26-24-52)65-50(3)79-47-101-65/h15-16,20-21,23-28,38,47,49,54-55,60,66,93H,11-14,17-19,22,29-37,39-46H2,1-10H3,(H,81,96)(H,84,95)(H,98,99)(H,82,85,86)/t49-,55+,60-,66+,75?,76?,77?,78?/m0/s1. The van der Waals surface area contributed by atoms with Crippen molar-refractivity contribution in [3.63, 3.8) is 0 Å². The number of aryl methyl sites for hydroxylation is 1. The molecule has 24 heteroatoms. The number of ether oxygens (including phenoxy) is 1. The Labute approximate surface area is 607 Å². The average Bonchev–Trinajstić information content (AvgIpc) is 0.725. The Morgan fingerprint density at radius 2 is 1.56 bits per heavy atom. The summed E-state index contributed by atoms with van der Waals surface area (Å²) in [5.41, 5.74) is 9.29. The molecule has 8 heterocycles. The molecular formula is C78H102N14O8S2. The second-order valence-electron chi connectivity index (χ2n) is 32.5. The number of carbonyl (C=O) groups excluding carboxylic acids is 4. The number of carbonyl (C=O) groups is 5. The lowest BCUT2D eigenvalue weighted by Gasteiger charge is -2.69. The maximum Gasteiger partial charge on any atom is 0.355 e. The van der Waals surface area contributed by atoms with Crippen LogP contribution >= 0.6 is 22.7 Å². The van der Waals surface area contributed by atoms with Gasteiger partial charge < -0.3 is 50.5 Å². The Kier molecular flexibility index (Phi) is 20.9. The van der Waals surface area contributed by atoms with Crippen LogP contribution in [0.5, 0.6) is 0 Å². The van der Waals surface area contributed by atoms with Crippen LogP contribution < -0.4 is 20.9 Å². The quantitative estimate of drug-likeness (QED) is 0.0315. The van der Waals surface area contributed by atoms with Crippen molar-refractivity contribution in [2.75, 3.05) is 63.1 Å². The number of likely N-dealkylation sites (tertiary alicyclic amines) is 2. The molecule has 6 atom stereocenters. The summed E-state index contributed by atoms with van der Waals surface area (Å²) < 4.78 is 10.4. The first-order chi connectivity index (χ1) is 48.7. The maximum absolute atomic E-state index is 14.4. The minimum Gasteiger partial charge on any atom is -0.476 e. The van der Waals surface area contributed by atoms with Crippen LogP contribution in [0, 0.1) is 48.3 Å². The van der Waals surface area contributed by atoms with E-state index in [1.54, 1.807) is 22.7 Å². The largest absolute Gasteiger partial charge is 0.476 e. The van der Waals surface area contributed by atoms with Crippen molar-refractivity contribution >= 4 is 85.1 Å². The number of aliphatic hydroxyl groups excluding tert-OH is 1. The fourth-order valence-electron chi connectivity index (χ4n) is 18.8. The van der Waals surface area contributed by atoms with E-state index in [-0.39, 0.29) is 70.2 Å². The van der Waals surface area contributed by atoms with Gasteiger partial charge in [-0.3, -0.25) is 23.9 Å². The summed E-state index contributed by atoms with van der Waals surface area (Å²) in [6, 6.07) is 17.6. The number of piperidine rings is 1. The molecule has 5 N–H and O–H groups in total. The van der Waals surface area contributed by atoms with Crippen molar-refractivity contribution in [3.8, 4) is 21.6 Å². The molecule has 102 heavy (non-hydrogen) atoms. The number of thiazole rings is 2. The Morgan fingerprint density at radius 3 is 2.27 bits per heavy atom. The van der Waals surface area contributed by atoms with Crippen LogP contribution in [0.15, 0.2) is 72.4 Å². The van der Waals surface area contributed by atoms with E-state index in [2.05, 4.69) is 69.5 Å². The number of nitrogens with one attached hydrogen (secondary N) is 3. The molecule has 4 saturated carbocycles. The molecule has 0 spiro atoms. The topological polar surface area (TPSA) is 266 Å². The van der Waals surface area contributed by atoms with Gasteiger partial charge >= 0.3 is 5.97 Å². The van der Waals surface area contributed by atoms with Gasteiger partial charge in [0.05, 0.1) is 56.8 Å². The number of carboxylic acid groups (broad SMARTS) is 1. The van der Waals surface area contributed by atoms with Gasteiger partial charge in [-0.1, -0.05) is 102 Å². The summed E-state index contributed by atoms with van der Waals surface area (Å²) in [6.07, 6.45) is 15.7. The lowest BCUT2D eigenvalue weighted by atomic mass is 9.39. The zero-order chi connectivity index (χ0) is 72.0. The molecule has 2 unspecified atom stereocenters. The van der Waals surface area contributed by atoms with Crippen molar-refractivity contribution in [1.29, 1.82) is 0 Å². The number of β-amino-alcohol motifs (C(OH)–C–C–N with tert-alkyl or cyclic N) is 1. The number of para-hydroxylation sites is 1. The number of aromatic carboxylic acids is 1. The van der Waals surface area contributed by atoms with Crippen LogP contribution in [0.25, 0.3) is 31.8 Å². The van der Waals surface area contributed by atoms with Gasteiger partial charge in [0.15, 0.2) is 22.5 Å². The Hall–Kier alpha value is -7.77. The number of anilines is 4. The molecule has 0 radical (unpaired) electrons. The summed E-state index contributed by atoms with van der Waals surface area (Å²) in [7, 11) is 2.19. The highest BCUT2D eigenvalue weighted by Crippen LogP contribution is 2.72. The molecule has 4 aliphatic carbocycles. The number of carboxylic acids is 1. The third-order valence-electron chi connectivity index (χ3n) is 22.9. The second kappa shape index (κ2) is 29.4. The maximum atomic E-state index is 14.4. The highest BCUT2D eigenvalue weighted by Gasteiger charge is 2.66. The fraction of sp³-hybridized carbons (Fsp3) is 0.577. The molecule has 3 aliphatic heterocycles. The highest BCUT2D eigenvalue weighted by atomic mass is 32.1. The molecule has 2 aromatic carbocycles. The summed E-state index contributed by atoms with van der Waals surface area (Å²) in [6.45, 7) is 23.4. The van der Waals surface area contributed by atoms with Crippen molar-refractivity contribution in [3.05, 3.63) is 106 Å². The average molecular weight is 1430 g/mol. The molecular weight excluding hydrogens is 1330 g/mol. The van der Waals surface area contributed by atoms with Gasteiger partial charge in [-0.25, -0.2) is 19.7 Å². The number of aromatic nitrogens is 7. The van der Waals surface area contributed by atoms with E-state index in [9.17, 15) is 34.2 Å². The normalized spacial score (nSPS) is 24.0. The first kappa shape index (κ1) is 72.6. The van der Waals surface area contributed by atoms with Crippen LogP contribution in [0.1, 0.15) is 189 Å². The van der Waals surface area contributed by atoms with E-state index in [0.717, 1.165) is 156 Å². The summed E-state index contributed by atoms with van der Waals surface area (Å²) in [5, 5.41) is 46.2. The van der Waals surface area contributed by atoms with Crippen molar-refractivity contribution in [2.24, 2.45) is 27.6 Å². The van der Waals surface area contributed by atoms with E-state index in [1.165, 1.54) is 11.3 Å². The number of hydrogen-bond acceptors (Lipinski definition) is 18. The van der Waals surface area contributed by atoms with Gasteiger partial charge in [0.1, 0.15) is 17.9 Å². The van der Waals surface area contributed by atoms with Gasteiger partial charge in [0.25, 0.3) is 0 Å². The zero-order valence-corrected chi connectivity index (χ0v) is 62.7. The van der Waals surface area contributed by atoms with Gasteiger partial charge in [-0.15, -0.1) is 21.5 Å². The third-order valence-corrected chi connectivity index (χ3v) is 24.8. The number of unbranched alkanes of at least 4 members (excludes halogenated alkanes) is 4. The molecule has 4 bridgehead atoms.